The lowest BCUT2D eigenvalue weighted by Crippen LogP contribution is -2.41. The highest BCUT2D eigenvalue weighted by atomic mass is 16.4. The zero-order chi connectivity index (χ0) is 14.1. The van der Waals surface area contributed by atoms with Crippen LogP contribution in [-0.2, 0) is 4.79 Å². The predicted octanol–water partition coefficient (Wildman–Crippen LogP) is 1.02. The van der Waals surface area contributed by atoms with Crippen molar-refractivity contribution >= 4 is 12.0 Å². The van der Waals surface area contributed by atoms with Crippen LogP contribution < -0.4 is 10.6 Å². The molecule has 6 nitrogen and oxygen atoms in total. The van der Waals surface area contributed by atoms with Crippen LogP contribution in [0.4, 0.5) is 4.79 Å². The Labute approximate surface area is 114 Å². The van der Waals surface area contributed by atoms with Gasteiger partial charge in [0.2, 0.25) is 0 Å². The molecule has 0 aromatic rings. The monoisotopic (exact) mass is 271 g/mol. The molecule has 2 amide bonds. The van der Waals surface area contributed by atoms with Crippen LogP contribution in [0.1, 0.15) is 39.0 Å². The van der Waals surface area contributed by atoms with Crippen molar-refractivity contribution in [1.29, 1.82) is 0 Å². The molecule has 1 fully saturated rings. The van der Waals surface area contributed by atoms with Crippen molar-refractivity contribution in [3.8, 4) is 0 Å². The molecule has 1 rings (SSSR count). The number of urea groups is 1. The third kappa shape index (κ3) is 7.66. The van der Waals surface area contributed by atoms with Crippen LogP contribution in [0.2, 0.25) is 0 Å². The Kier molecular flexibility index (Phi) is 7.25. The molecule has 19 heavy (non-hydrogen) atoms. The van der Waals surface area contributed by atoms with E-state index in [1.165, 1.54) is 12.8 Å². The van der Waals surface area contributed by atoms with Gasteiger partial charge in [-0.25, -0.2) is 4.79 Å². The number of carbonyl (C=O) groups is 2. The summed E-state index contributed by atoms with van der Waals surface area (Å²) in [6.45, 7) is 5.25. The summed E-state index contributed by atoms with van der Waals surface area (Å²) >= 11 is 0. The maximum Gasteiger partial charge on any atom is 0.314 e. The van der Waals surface area contributed by atoms with Crippen molar-refractivity contribution in [1.82, 2.24) is 15.5 Å². The van der Waals surface area contributed by atoms with E-state index < -0.39 is 5.97 Å². The topological polar surface area (TPSA) is 81.7 Å². The van der Waals surface area contributed by atoms with Gasteiger partial charge in [-0.15, -0.1) is 0 Å². The second-order valence-corrected chi connectivity index (χ2v) is 4.89. The van der Waals surface area contributed by atoms with Gasteiger partial charge >= 0.3 is 12.0 Å². The van der Waals surface area contributed by atoms with Crippen LogP contribution in [-0.4, -0.2) is 54.2 Å². The highest BCUT2D eigenvalue weighted by molar-refractivity contribution is 5.73. The largest absolute Gasteiger partial charge is 0.481 e. The molecule has 0 spiro atoms. The van der Waals surface area contributed by atoms with Crippen LogP contribution in [0.25, 0.3) is 0 Å². The first-order valence-corrected chi connectivity index (χ1v) is 7.11. The van der Waals surface area contributed by atoms with E-state index in [0.717, 1.165) is 19.1 Å². The number of nitrogens with one attached hydrogen (secondary N) is 2. The molecule has 0 aromatic heterocycles. The van der Waals surface area contributed by atoms with Gasteiger partial charge in [-0.05, 0) is 32.2 Å². The second kappa shape index (κ2) is 8.74. The van der Waals surface area contributed by atoms with Gasteiger partial charge in [0.05, 0.1) is 0 Å². The zero-order valence-electron chi connectivity index (χ0n) is 11.7. The fraction of sp³-hybridized carbons (Fsp3) is 0.846. The van der Waals surface area contributed by atoms with Crippen LogP contribution in [0.3, 0.4) is 0 Å². The first-order chi connectivity index (χ1) is 9.13. The standard InChI is InChI=1S/C13H25N3O3/c1-2-16(11-6-7-11)10-9-15-13(19)14-8-4-3-5-12(17)18/h11H,2-10H2,1H3,(H,17,18)(H2,14,15,19). The molecule has 0 radical (unpaired) electrons. The summed E-state index contributed by atoms with van der Waals surface area (Å²) in [7, 11) is 0. The molecule has 1 saturated carbocycles. The van der Waals surface area contributed by atoms with Crippen molar-refractivity contribution in [3.63, 3.8) is 0 Å². The fourth-order valence-corrected chi connectivity index (χ4v) is 2.02. The molecule has 0 heterocycles. The molecule has 1 aliphatic carbocycles. The van der Waals surface area contributed by atoms with Crippen molar-refractivity contribution in [2.75, 3.05) is 26.2 Å². The lowest BCUT2D eigenvalue weighted by Gasteiger charge is -2.19. The summed E-state index contributed by atoms with van der Waals surface area (Å²) in [6.07, 6.45) is 4.02. The number of carbonyl (C=O) groups excluding carboxylic acids is 1. The molecule has 0 aromatic carbocycles. The zero-order valence-corrected chi connectivity index (χ0v) is 11.7. The minimum absolute atomic E-state index is 0.163. The summed E-state index contributed by atoms with van der Waals surface area (Å²) in [6, 6.07) is 0.563. The van der Waals surface area contributed by atoms with Crippen molar-refractivity contribution in [2.24, 2.45) is 0 Å². The lowest BCUT2D eigenvalue weighted by atomic mass is 10.2. The first kappa shape index (κ1) is 15.8. The number of nitrogens with zero attached hydrogens (tertiary/aromatic N) is 1. The van der Waals surface area contributed by atoms with Crippen LogP contribution in [0.5, 0.6) is 0 Å². The Morgan fingerprint density at radius 1 is 1.21 bits per heavy atom. The van der Waals surface area contributed by atoms with Gasteiger partial charge < -0.3 is 15.7 Å². The molecule has 0 unspecified atom stereocenters. The molecule has 0 bridgehead atoms. The van der Waals surface area contributed by atoms with E-state index in [9.17, 15) is 9.59 Å². The summed E-state index contributed by atoms with van der Waals surface area (Å²) < 4.78 is 0. The minimum Gasteiger partial charge on any atom is -0.481 e. The SMILES string of the molecule is CCN(CCNC(=O)NCCCCC(=O)O)C1CC1. The van der Waals surface area contributed by atoms with Gasteiger partial charge in [0.15, 0.2) is 0 Å². The molecule has 0 atom stereocenters. The van der Waals surface area contributed by atoms with Gasteiger partial charge in [0, 0.05) is 32.1 Å². The number of rotatable bonds is 10. The van der Waals surface area contributed by atoms with Gasteiger partial charge in [-0.1, -0.05) is 6.92 Å². The van der Waals surface area contributed by atoms with Crippen LogP contribution in [0.15, 0.2) is 0 Å². The molecular formula is C13H25N3O3. The number of hydrogen-bond acceptors (Lipinski definition) is 3. The number of carboxylic acids is 1. The average Bonchev–Trinajstić information content (AvgIpc) is 3.18. The molecular weight excluding hydrogens is 246 g/mol. The number of amides is 2. The van der Waals surface area contributed by atoms with Gasteiger partial charge in [0.1, 0.15) is 0 Å². The van der Waals surface area contributed by atoms with E-state index in [4.69, 9.17) is 5.11 Å². The fourth-order valence-electron chi connectivity index (χ4n) is 2.02. The summed E-state index contributed by atoms with van der Waals surface area (Å²) in [5.41, 5.74) is 0. The van der Waals surface area contributed by atoms with E-state index in [0.29, 0.717) is 25.9 Å². The number of unbranched alkanes of at least 4 members (excludes halogenated alkanes) is 1. The van der Waals surface area contributed by atoms with Gasteiger partial charge in [-0.2, -0.15) is 0 Å². The molecule has 6 heteroatoms. The maximum atomic E-state index is 11.4. The van der Waals surface area contributed by atoms with Gasteiger partial charge in [0.25, 0.3) is 0 Å². The van der Waals surface area contributed by atoms with E-state index in [2.05, 4.69) is 22.5 Å². The minimum atomic E-state index is -0.788. The first-order valence-electron chi connectivity index (χ1n) is 7.11. The number of carboxylic acid groups (broad SMARTS) is 1. The average molecular weight is 271 g/mol. The van der Waals surface area contributed by atoms with Crippen molar-refractivity contribution < 1.29 is 14.7 Å². The quantitative estimate of drug-likeness (QED) is 0.518. The van der Waals surface area contributed by atoms with Crippen molar-refractivity contribution in [3.05, 3.63) is 0 Å². The van der Waals surface area contributed by atoms with E-state index in [1.54, 1.807) is 0 Å². The van der Waals surface area contributed by atoms with Gasteiger partial charge in [-0.3, -0.25) is 9.69 Å². The van der Waals surface area contributed by atoms with Crippen LogP contribution >= 0.6 is 0 Å². The molecule has 1 aliphatic rings. The third-order valence-corrected chi connectivity index (χ3v) is 3.26. The highest BCUT2D eigenvalue weighted by Gasteiger charge is 2.27. The van der Waals surface area contributed by atoms with E-state index in [1.807, 2.05) is 0 Å². The number of likely N-dealkylation sites (N-methyl/N-ethyl adjacent to an activating group) is 1. The Morgan fingerprint density at radius 2 is 1.89 bits per heavy atom. The van der Waals surface area contributed by atoms with E-state index >= 15 is 0 Å². The molecule has 0 aliphatic heterocycles. The van der Waals surface area contributed by atoms with Crippen LogP contribution in [0, 0.1) is 0 Å². The Balaban J connectivity index is 1.94. The molecule has 3 N–H and O–H groups in total. The summed E-state index contributed by atoms with van der Waals surface area (Å²) in [4.78, 5) is 24.1. The number of hydrogen-bond donors (Lipinski definition) is 3. The van der Waals surface area contributed by atoms with Crippen molar-refractivity contribution in [2.45, 2.75) is 45.1 Å². The third-order valence-electron chi connectivity index (χ3n) is 3.26. The smallest absolute Gasteiger partial charge is 0.314 e. The van der Waals surface area contributed by atoms with E-state index in [-0.39, 0.29) is 12.5 Å². The summed E-state index contributed by atoms with van der Waals surface area (Å²) in [5.74, 6) is -0.788. The normalized spacial score (nSPS) is 14.4. The second-order valence-electron chi connectivity index (χ2n) is 4.89. The highest BCUT2D eigenvalue weighted by Crippen LogP contribution is 2.25. The predicted molar refractivity (Wildman–Crippen MR) is 73.2 cm³/mol. The molecule has 110 valence electrons. The number of aliphatic carboxylic acids is 1. The lowest BCUT2D eigenvalue weighted by molar-refractivity contribution is -0.137. The summed E-state index contributed by atoms with van der Waals surface area (Å²) in [5, 5.41) is 14.0. The Bertz CT molecular complexity index is 293. The maximum absolute atomic E-state index is 11.4. The Hall–Kier alpha value is -1.30. The molecule has 0 saturated heterocycles. The Morgan fingerprint density at radius 3 is 2.47 bits per heavy atom.